The molecule has 166 valence electrons. The van der Waals surface area contributed by atoms with E-state index in [0.717, 1.165) is 67.9 Å². The van der Waals surface area contributed by atoms with Gasteiger partial charge >= 0.3 is 6.18 Å². The fourth-order valence-electron chi connectivity index (χ4n) is 4.33. The number of fused-ring (bicyclic) bond motifs is 1. The Bertz CT molecular complexity index is 994. The van der Waals surface area contributed by atoms with Crippen LogP contribution in [0.2, 0.25) is 0 Å². The van der Waals surface area contributed by atoms with E-state index in [1.54, 1.807) is 7.05 Å². The summed E-state index contributed by atoms with van der Waals surface area (Å²) in [5, 5.41) is 5.61. The van der Waals surface area contributed by atoms with Crippen LogP contribution in [0.3, 0.4) is 0 Å². The molecule has 2 aromatic rings. The lowest BCUT2D eigenvalue weighted by atomic mass is 9.97. The van der Waals surface area contributed by atoms with Crippen molar-refractivity contribution in [3.8, 4) is 0 Å². The molecule has 0 spiro atoms. The highest BCUT2D eigenvalue weighted by Crippen LogP contribution is 2.35. The van der Waals surface area contributed by atoms with E-state index in [2.05, 4.69) is 25.5 Å². The summed E-state index contributed by atoms with van der Waals surface area (Å²) in [6.07, 6.45) is -0.233. The number of nitrogens with zero attached hydrogens (tertiary/aromatic N) is 3. The van der Waals surface area contributed by atoms with E-state index in [0.29, 0.717) is 6.54 Å². The first-order valence-electron chi connectivity index (χ1n) is 10.4. The molecule has 7 nitrogen and oxygen atoms in total. The topological polar surface area (TPSA) is 96.2 Å². The van der Waals surface area contributed by atoms with E-state index in [9.17, 15) is 18.0 Å². The minimum atomic E-state index is -4.50. The Kier molecular flexibility index (Phi) is 5.63. The third-order valence-corrected chi connectivity index (χ3v) is 5.79. The van der Waals surface area contributed by atoms with Crippen molar-refractivity contribution >= 4 is 29.0 Å². The lowest BCUT2D eigenvalue weighted by Gasteiger charge is -2.34. The molecule has 1 amide bonds. The molecule has 2 heterocycles. The van der Waals surface area contributed by atoms with Crippen molar-refractivity contribution in [3.63, 3.8) is 0 Å². The van der Waals surface area contributed by atoms with Crippen molar-refractivity contribution in [1.82, 2.24) is 15.3 Å². The number of hydrogen-bond donors (Lipinski definition) is 3. The second-order valence-corrected chi connectivity index (χ2v) is 8.02. The fraction of sp³-hybridized carbons (Fsp3) is 0.476. The maximum atomic E-state index is 13.2. The second-order valence-electron chi connectivity index (χ2n) is 8.02. The smallest absolute Gasteiger partial charge is 0.399 e. The molecule has 31 heavy (non-hydrogen) atoms. The maximum absolute atomic E-state index is 13.2. The molecule has 0 bridgehead atoms. The van der Waals surface area contributed by atoms with Crippen LogP contribution in [-0.4, -0.2) is 36.0 Å². The van der Waals surface area contributed by atoms with Crippen molar-refractivity contribution in [2.24, 2.45) is 5.92 Å². The zero-order valence-electron chi connectivity index (χ0n) is 17.2. The monoisotopic (exact) mass is 434 g/mol. The van der Waals surface area contributed by atoms with Crippen LogP contribution in [0.15, 0.2) is 18.2 Å². The number of alkyl halides is 3. The zero-order chi connectivity index (χ0) is 22.2. The number of carbonyl (C=O) groups is 1. The Morgan fingerprint density at radius 2 is 2.00 bits per heavy atom. The summed E-state index contributed by atoms with van der Waals surface area (Å²) in [4.78, 5) is 23.4. The summed E-state index contributed by atoms with van der Waals surface area (Å²) < 4.78 is 39.5. The molecule has 1 aliphatic carbocycles. The molecule has 4 rings (SSSR count). The number of nitrogens with two attached hydrogens (primary N) is 1. The fourth-order valence-corrected chi connectivity index (χ4v) is 4.33. The number of anilines is 4. The van der Waals surface area contributed by atoms with Crippen LogP contribution in [0.25, 0.3) is 0 Å². The number of piperidine rings is 1. The number of amides is 1. The molecule has 10 heteroatoms. The molecule has 0 saturated carbocycles. The highest BCUT2D eigenvalue weighted by Gasteiger charge is 2.32. The molecule has 2 aliphatic rings. The van der Waals surface area contributed by atoms with Crippen LogP contribution in [0.4, 0.5) is 36.3 Å². The lowest BCUT2D eigenvalue weighted by Crippen LogP contribution is -2.43. The Morgan fingerprint density at radius 3 is 2.74 bits per heavy atom. The van der Waals surface area contributed by atoms with Gasteiger partial charge in [0.2, 0.25) is 11.9 Å². The number of halogens is 3. The molecule has 1 fully saturated rings. The van der Waals surface area contributed by atoms with Gasteiger partial charge in [0.25, 0.3) is 0 Å². The minimum absolute atomic E-state index is 0.00292. The van der Waals surface area contributed by atoms with Gasteiger partial charge in [-0.25, -0.2) is 4.98 Å². The minimum Gasteiger partial charge on any atom is -0.399 e. The standard InChI is InChI=1S/C21H25F3N6O/c1-26-19(31)12-4-3-7-30(11-12)18-16-5-2-6-17(16)28-20(29-18)27-15-9-13(21(22,23)24)8-14(25)10-15/h8-10,12H,2-7,11,25H2,1H3,(H,26,31)(H,27,28,29)/t12-/m1/s1. The molecule has 1 atom stereocenters. The van der Waals surface area contributed by atoms with Crippen molar-refractivity contribution in [2.75, 3.05) is 36.1 Å². The highest BCUT2D eigenvalue weighted by molar-refractivity contribution is 5.79. The maximum Gasteiger partial charge on any atom is 0.416 e. The average molecular weight is 434 g/mol. The van der Waals surface area contributed by atoms with E-state index < -0.39 is 11.7 Å². The van der Waals surface area contributed by atoms with E-state index >= 15 is 0 Å². The Morgan fingerprint density at radius 1 is 1.19 bits per heavy atom. The highest BCUT2D eigenvalue weighted by atomic mass is 19.4. The number of hydrogen-bond acceptors (Lipinski definition) is 6. The van der Waals surface area contributed by atoms with Gasteiger partial charge in [-0.2, -0.15) is 18.2 Å². The Balaban J connectivity index is 1.65. The van der Waals surface area contributed by atoms with Crippen molar-refractivity contribution in [1.29, 1.82) is 0 Å². The largest absolute Gasteiger partial charge is 0.416 e. The van der Waals surface area contributed by atoms with Crippen molar-refractivity contribution in [2.45, 2.75) is 38.3 Å². The predicted molar refractivity (Wildman–Crippen MR) is 112 cm³/mol. The molecule has 1 aliphatic heterocycles. The van der Waals surface area contributed by atoms with Crippen LogP contribution < -0.4 is 21.3 Å². The van der Waals surface area contributed by atoms with Gasteiger partial charge in [0.1, 0.15) is 5.82 Å². The first-order chi connectivity index (χ1) is 14.7. The number of benzene rings is 1. The summed E-state index contributed by atoms with van der Waals surface area (Å²) in [5.74, 6) is 0.883. The predicted octanol–water partition coefficient (Wildman–Crippen LogP) is 3.27. The van der Waals surface area contributed by atoms with E-state index in [-0.39, 0.29) is 29.1 Å². The molecule has 0 unspecified atom stereocenters. The first kappa shape index (κ1) is 21.2. The van der Waals surface area contributed by atoms with Crippen LogP contribution in [0.5, 0.6) is 0 Å². The third kappa shape index (κ3) is 4.52. The molecular formula is C21H25F3N6O. The van der Waals surface area contributed by atoms with Crippen molar-refractivity contribution in [3.05, 3.63) is 35.0 Å². The Hall–Kier alpha value is -3.04. The van der Waals surface area contributed by atoms with Crippen LogP contribution >= 0.6 is 0 Å². The quantitative estimate of drug-likeness (QED) is 0.640. The number of aromatic nitrogens is 2. The van der Waals surface area contributed by atoms with Gasteiger partial charge in [-0.1, -0.05) is 0 Å². The SMILES string of the molecule is CNC(=O)[C@@H]1CCCN(c2nc(Nc3cc(N)cc(C(F)(F)F)c3)nc3c2CCC3)C1. The van der Waals surface area contributed by atoms with Gasteiger partial charge in [0, 0.05) is 37.1 Å². The summed E-state index contributed by atoms with van der Waals surface area (Å²) in [5.41, 5.74) is 6.99. The van der Waals surface area contributed by atoms with Gasteiger partial charge in [0.05, 0.1) is 17.2 Å². The number of aryl methyl sites for hydroxylation is 1. The number of nitrogens with one attached hydrogen (secondary N) is 2. The summed E-state index contributed by atoms with van der Waals surface area (Å²) in [6.45, 7) is 1.33. The zero-order valence-corrected chi connectivity index (χ0v) is 17.2. The van der Waals surface area contributed by atoms with Crippen LogP contribution in [0, 0.1) is 5.92 Å². The van der Waals surface area contributed by atoms with Gasteiger partial charge in [-0.15, -0.1) is 0 Å². The third-order valence-electron chi connectivity index (χ3n) is 5.79. The number of carbonyl (C=O) groups excluding carboxylic acids is 1. The lowest BCUT2D eigenvalue weighted by molar-refractivity contribution is -0.137. The van der Waals surface area contributed by atoms with E-state index in [4.69, 9.17) is 5.73 Å². The molecule has 1 aromatic carbocycles. The molecule has 0 radical (unpaired) electrons. The average Bonchev–Trinajstić information content (AvgIpc) is 3.20. The van der Waals surface area contributed by atoms with Crippen LogP contribution in [-0.2, 0) is 23.8 Å². The second kappa shape index (κ2) is 8.24. The summed E-state index contributed by atoms with van der Waals surface area (Å²) in [6, 6.07) is 3.32. The molecule has 1 saturated heterocycles. The molecule has 4 N–H and O–H groups in total. The van der Waals surface area contributed by atoms with Gasteiger partial charge in [0.15, 0.2) is 0 Å². The number of nitrogen functional groups attached to an aromatic ring is 1. The molecule has 1 aromatic heterocycles. The van der Waals surface area contributed by atoms with E-state index in [1.165, 1.54) is 6.07 Å². The molecular weight excluding hydrogens is 409 g/mol. The Labute approximate surface area is 178 Å². The van der Waals surface area contributed by atoms with Gasteiger partial charge in [-0.05, 0) is 50.3 Å². The normalized spacial score (nSPS) is 18.6. The van der Waals surface area contributed by atoms with Gasteiger partial charge < -0.3 is 21.3 Å². The van der Waals surface area contributed by atoms with E-state index in [1.807, 2.05) is 0 Å². The summed E-state index contributed by atoms with van der Waals surface area (Å²) in [7, 11) is 1.63. The van der Waals surface area contributed by atoms with Gasteiger partial charge in [-0.3, -0.25) is 4.79 Å². The van der Waals surface area contributed by atoms with Crippen LogP contribution in [0.1, 0.15) is 36.1 Å². The number of rotatable bonds is 4. The summed E-state index contributed by atoms with van der Waals surface area (Å²) >= 11 is 0. The van der Waals surface area contributed by atoms with Crippen molar-refractivity contribution < 1.29 is 18.0 Å². The first-order valence-corrected chi connectivity index (χ1v) is 10.4.